The molecule has 1 saturated heterocycles. The van der Waals surface area contributed by atoms with E-state index in [4.69, 9.17) is 21.3 Å². The first-order valence-electron chi connectivity index (χ1n) is 9.14. The first-order valence-corrected chi connectivity index (χ1v) is 9.51. The zero-order valence-corrected chi connectivity index (χ0v) is 15.0. The Kier molecular flexibility index (Phi) is 4.44. The Hall–Kier alpha value is -1.26. The minimum Gasteiger partial charge on any atom is -0.377 e. The van der Waals surface area contributed by atoms with E-state index in [0.29, 0.717) is 30.0 Å². The van der Waals surface area contributed by atoms with E-state index in [1.54, 1.807) is 0 Å². The Morgan fingerprint density at radius 2 is 2.29 bits per heavy atom. The highest BCUT2D eigenvalue weighted by Crippen LogP contribution is 2.62. The molecule has 2 saturated carbocycles. The Bertz CT molecular complexity index is 629. The number of guanidine groups is 1. The second-order valence-corrected chi connectivity index (χ2v) is 7.71. The summed E-state index contributed by atoms with van der Waals surface area (Å²) in [6.45, 7) is 4.54. The number of hydrogen-bond acceptors (Lipinski definition) is 2. The molecule has 1 aromatic rings. The summed E-state index contributed by atoms with van der Waals surface area (Å²) < 4.78 is 6.01. The fraction of sp³-hybridized carbons (Fsp3) is 0.632. The van der Waals surface area contributed by atoms with E-state index in [0.717, 1.165) is 29.7 Å². The van der Waals surface area contributed by atoms with Crippen LogP contribution in [0.4, 0.5) is 0 Å². The lowest BCUT2D eigenvalue weighted by atomic mass is 9.46. The number of rotatable bonds is 4. The van der Waals surface area contributed by atoms with Crippen molar-refractivity contribution >= 4 is 17.6 Å². The summed E-state index contributed by atoms with van der Waals surface area (Å²) in [5, 5.41) is 7.89. The summed E-state index contributed by atoms with van der Waals surface area (Å²) in [6.07, 6.45) is 5.58. The number of nitrogens with one attached hydrogen (secondary N) is 2. The van der Waals surface area contributed by atoms with Crippen LogP contribution in [0.5, 0.6) is 0 Å². The molecule has 0 bridgehead atoms. The van der Waals surface area contributed by atoms with Gasteiger partial charge in [0.1, 0.15) is 0 Å². The highest BCUT2D eigenvalue weighted by Gasteiger charge is 2.66. The maximum atomic E-state index is 6.07. The minimum atomic E-state index is 0.368. The molecule has 24 heavy (non-hydrogen) atoms. The molecule has 2 N–H and O–H groups in total. The smallest absolute Gasteiger partial charge is 0.191 e. The summed E-state index contributed by atoms with van der Waals surface area (Å²) in [4.78, 5) is 4.78. The van der Waals surface area contributed by atoms with Crippen LogP contribution >= 0.6 is 11.6 Å². The first kappa shape index (κ1) is 16.2. The average Bonchev–Trinajstić information content (AvgIpc) is 2.94. The first-order chi connectivity index (χ1) is 11.7. The lowest BCUT2D eigenvalue weighted by Crippen LogP contribution is -2.72. The van der Waals surface area contributed by atoms with Crippen molar-refractivity contribution in [1.29, 1.82) is 0 Å². The van der Waals surface area contributed by atoms with Gasteiger partial charge in [-0.25, -0.2) is 4.99 Å². The van der Waals surface area contributed by atoms with Crippen LogP contribution in [0.25, 0.3) is 0 Å². The standard InChI is InChI=1S/C19H26ClN3O/c1-2-21-18(22-12-13-5-3-6-14(20)11-13)23-16-15-7-10-24-17(15)19(16)8-4-9-19/h3,5-6,11,15-17H,2,4,7-10,12H2,1H3,(H2,21,22,23). The van der Waals surface area contributed by atoms with Gasteiger partial charge in [0.2, 0.25) is 0 Å². The maximum absolute atomic E-state index is 6.07. The van der Waals surface area contributed by atoms with E-state index in [2.05, 4.69) is 23.6 Å². The number of benzene rings is 1. The molecule has 3 aliphatic rings. The Morgan fingerprint density at radius 3 is 3.00 bits per heavy atom. The quantitative estimate of drug-likeness (QED) is 0.648. The molecule has 5 heteroatoms. The number of nitrogens with zero attached hydrogens (tertiary/aromatic N) is 1. The normalized spacial score (nSPS) is 30.4. The van der Waals surface area contributed by atoms with Gasteiger partial charge in [-0.3, -0.25) is 0 Å². The Labute approximate surface area is 149 Å². The summed E-state index contributed by atoms with van der Waals surface area (Å²) >= 11 is 6.07. The van der Waals surface area contributed by atoms with Crippen LogP contribution in [0.1, 0.15) is 38.2 Å². The number of ether oxygens (including phenoxy) is 1. The third-order valence-corrected chi connectivity index (χ3v) is 6.22. The Morgan fingerprint density at radius 1 is 1.42 bits per heavy atom. The zero-order valence-electron chi connectivity index (χ0n) is 14.2. The topological polar surface area (TPSA) is 45.7 Å². The van der Waals surface area contributed by atoms with Gasteiger partial charge in [0, 0.05) is 35.5 Å². The number of halogens is 1. The zero-order chi connectivity index (χ0) is 16.6. The van der Waals surface area contributed by atoms with Gasteiger partial charge >= 0.3 is 0 Å². The molecule has 0 amide bonds. The number of fused-ring (bicyclic) bond motifs is 2. The van der Waals surface area contributed by atoms with Gasteiger partial charge in [0.15, 0.2) is 5.96 Å². The van der Waals surface area contributed by atoms with Gasteiger partial charge in [-0.05, 0) is 43.9 Å². The maximum Gasteiger partial charge on any atom is 0.191 e. The predicted molar refractivity (Wildman–Crippen MR) is 97.3 cm³/mol. The van der Waals surface area contributed by atoms with Gasteiger partial charge in [-0.1, -0.05) is 30.2 Å². The summed E-state index contributed by atoms with van der Waals surface area (Å²) in [5.74, 6) is 1.57. The lowest BCUT2D eigenvalue weighted by Gasteiger charge is -2.63. The van der Waals surface area contributed by atoms with Crippen LogP contribution in [0, 0.1) is 11.3 Å². The second-order valence-electron chi connectivity index (χ2n) is 7.28. The van der Waals surface area contributed by atoms with E-state index in [1.165, 1.54) is 25.7 Å². The molecule has 1 heterocycles. The van der Waals surface area contributed by atoms with E-state index >= 15 is 0 Å². The molecular weight excluding hydrogens is 322 g/mol. The monoisotopic (exact) mass is 347 g/mol. The van der Waals surface area contributed by atoms with Crippen LogP contribution in [0.3, 0.4) is 0 Å². The van der Waals surface area contributed by atoms with Crippen molar-refractivity contribution in [3.63, 3.8) is 0 Å². The van der Waals surface area contributed by atoms with Gasteiger partial charge in [-0.15, -0.1) is 0 Å². The van der Waals surface area contributed by atoms with Gasteiger partial charge in [-0.2, -0.15) is 0 Å². The van der Waals surface area contributed by atoms with Crippen molar-refractivity contribution < 1.29 is 4.74 Å². The van der Waals surface area contributed by atoms with Crippen LogP contribution in [-0.2, 0) is 11.3 Å². The van der Waals surface area contributed by atoms with Crippen LogP contribution in [-0.4, -0.2) is 31.3 Å². The van der Waals surface area contributed by atoms with E-state index < -0.39 is 0 Å². The molecule has 130 valence electrons. The molecule has 1 aliphatic heterocycles. The van der Waals surface area contributed by atoms with Crippen molar-refractivity contribution in [3.05, 3.63) is 34.9 Å². The fourth-order valence-corrected chi connectivity index (χ4v) is 4.94. The molecule has 3 fully saturated rings. The van der Waals surface area contributed by atoms with Crippen LogP contribution in [0.2, 0.25) is 5.02 Å². The summed E-state index contributed by atoms with van der Waals surface area (Å²) in [6, 6.07) is 8.43. The molecule has 3 atom stereocenters. The van der Waals surface area contributed by atoms with Gasteiger partial charge < -0.3 is 15.4 Å². The van der Waals surface area contributed by atoms with Crippen molar-refractivity contribution in [3.8, 4) is 0 Å². The SMILES string of the molecule is CCNC(=NCc1cccc(Cl)c1)NC1C2CCOC2C12CCC2. The summed E-state index contributed by atoms with van der Waals surface area (Å²) in [7, 11) is 0. The molecule has 0 radical (unpaired) electrons. The minimum absolute atomic E-state index is 0.368. The molecule has 0 aromatic heterocycles. The summed E-state index contributed by atoms with van der Waals surface area (Å²) in [5.41, 5.74) is 1.50. The molecule has 4 nitrogen and oxygen atoms in total. The lowest BCUT2D eigenvalue weighted by molar-refractivity contribution is -0.171. The molecule has 1 aromatic carbocycles. The van der Waals surface area contributed by atoms with Gasteiger partial charge in [0.25, 0.3) is 0 Å². The second kappa shape index (κ2) is 6.57. The molecular formula is C19H26ClN3O. The molecule has 1 spiro atoms. The molecule has 4 rings (SSSR count). The largest absolute Gasteiger partial charge is 0.377 e. The van der Waals surface area contributed by atoms with Crippen LogP contribution in [0.15, 0.2) is 29.3 Å². The van der Waals surface area contributed by atoms with E-state index in [9.17, 15) is 0 Å². The molecule has 3 unspecified atom stereocenters. The molecule has 2 aliphatic carbocycles. The average molecular weight is 348 g/mol. The van der Waals surface area contributed by atoms with Crippen molar-refractivity contribution in [2.45, 2.75) is 51.3 Å². The van der Waals surface area contributed by atoms with E-state index in [-0.39, 0.29) is 0 Å². The number of aliphatic imine (C=N–C) groups is 1. The highest BCUT2D eigenvalue weighted by atomic mass is 35.5. The van der Waals surface area contributed by atoms with Crippen LogP contribution < -0.4 is 10.6 Å². The van der Waals surface area contributed by atoms with Gasteiger partial charge in [0.05, 0.1) is 12.6 Å². The number of hydrogen-bond donors (Lipinski definition) is 2. The third kappa shape index (κ3) is 2.70. The fourth-order valence-electron chi connectivity index (χ4n) is 4.73. The predicted octanol–water partition coefficient (Wildman–Crippen LogP) is 3.35. The van der Waals surface area contributed by atoms with Crippen molar-refractivity contribution in [1.82, 2.24) is 10.6 Å². The highest BCUT2D eigenvalue weighted by molar-refractivity contribution is 6.30. The van der Waals surface area contributed by atoms with E-state index in [1.807, 2.05) is 18.2 Å². The Balaban J connectivity index is 1.46. The van der Waals surface area contributed by atoms with Crippen molar-refractivity contribution in [2.75, 3.05) is 13.2 Å². The third-order valence-electron chi connectivity index (χ3n) is 5.98. The van der Waals surface area contributed by atoms with Crippen molar-refractivity contribution in [2.24, 2.45) is 16.3 Å².